The predicted octanol–water partition coefficient (Wildman–Crippen LogP) is 2.94. The molecule has 4 heteroatoms. The smallest absolute Gasteiger partial charge is 0.0437 e. The van der Waals surface area contributed by atoms with Crippen molar-refractivity contribution in [1.29, 1.82) is 0 Å². The maximum absolute atomic E-state index is 13.5. The fourth-order valence-electron chi connectivity index (χ4n) is 6.90. The molecule has 7 rings (SSSR count). The molecule has 0 amide bonds. The Balaban J connectivity index is 1.34. The van der Waals surface area contributed by atoms with Gasteiger partial charge in [0, 0.05) is 37.6 Å². The SMILES string of the molecule is [O-]C1=C(c2ccc3c4c2CCCN4CCC3)C([O-])=C1c1ccc2c3c1CCCN3CCC2. The van der Waals surface area contributed by atoms with Crippen molar-refractivity contribution in [3.63, 3.8) is 0 Å². The van der Waals surface area contributed by atoms with Crippen LogP contribution in [0.15, 0.2) is 35.8 Å². The van der Waals surface area contributed by atoms with Gasteiger partial charge in [0.25, 0.3) is 0 Å². The molecule has 2 aromatic rings. The summed E-state index contributed by atoms with van der Waals surface area (Å²) < 4.78 is 0. The summed E-state index contributed by atoms with van der Waals surface area (Å²) in [4.78, 5) is 4.95. The monoisotopic (exact) mass is 424 g/mol. The highest BCUT2D eigenvalue weighted by Crippen LogP contribution is 2.49. The van der Waals surface area contributed by atoms with E-state index in [4.69, 9.17) is 0 Å². The Morgan fingerprint density at radius 1 is 0.531 bits per heavy atom. The van der Waals surface area contributed by atoms with Crippen LogP contribution < -0.4 is 20.0 Å². The summed E-state index contributed by atoms with van der Waals surface area (Å²) in [7, 11) is 0. The number of allylic oxidation sites excluding steroid dienone is 2. The first-order valence-electron chi connectivity index (χ1n) is 12.4. The van der Waals surface area contributed by atoms with Crippen molar-refractivity contribution in [2.45, 2.75) is 51.4 Å². The maximum atomic E-state index is 13.5. The molecule has 0 radical (unpaired) electrons. The second-order valence-corrected chi connectivity index (χ2v) is 10.00. The third kappa shape index (κ3) is 2.44. The Morgan fingerprint density at radius 3 is 1.38 bits per heavy atom. The Labute approximate surface area is 189 Å². The lowest BCUT2D eigenvalue weighted by Gasteiger charge is -2.45. The highest BCUT2D eigenvalue weighted by molar-refractivity contribution is 6.07. The van der Waals surface area contributed by atoms with Crippen LogP contribution in [0.4, 0.5) is 11.4 Å². The molecule has 0 bridgehead atoms. The highest BCUT2D eigenvalue weighted by atomic mass is 16.3. The molecular formula is C28H28N2O2-2. The van der Waals surface area contributed by atoms with E-state index in [1.807, 2.05) is 0 Å². The minimum atomic E-state index is -0.0386. The normalized spacial score (nSPS) is 21.4. The first kappa shape index (κ1) is 18.7. The zero-order valence-corrected chi connectivity index (χ0v) is 18.5. The van der Waals surface area contributed by atoms with E-state index < -0.39 is 0 Å². The minimum Gasteiger partial charge on any atom is -0.872 e. The van der Waals surface area contributed by atoms with Crippen LogP contribution in [-0.2, 0) is 25.7 Å². The molecule has 4 aliphatic heterocycles. The molecule has 4 nitrogen and oxygen atoms in total. The summed E-state index contributed by atoms with van der Waals surface area (Å²) in [5.41, 5.74) is 10.6. The average molecular weight is 425 g/mol. The van der Waals surface area contributed by atoms with Crippen molar-refractivity contribution in [3.05, 3.63) is 69.2 Å². The molecule has 32 heavy (non-hydrogen) atoms. The van der Waals surface area contributed by atoms with E-state index in [0.717, 1.165) is 75.8 Å². The average Bonchev–Trinajstić information content (AvgIpc) is 2.83. The van der Waals surface area contributed by atoms with Crippen LogP contribution in [0.2, 0.25) is 0 Å². The first-order valence-corrected chi connectivity index (χ1v) is 12.4. The molecule has 0 N–H and O–H groups in total. The van der Waals surface area contributed by atoms with E-state index in [-0.39, 0.29) is 11.5 Å². The van der Waals surface area contributed by atoms with Gasteiger partial charge in [0.15, 0.2) is 0 Å². The molecule has 0 aromatic heterocycles. The number of aryl methyl sites for hydroxylation is 2. The van der Waals surface area contributed by atoms with Gasteiger partial charge in [-0.2, -0.15) is 0 Å². The molecule has 0 atom stereocenters. The van der Waals surface area contributed by atoms with Crippen LogP contribution in [0.1, 0.15) is 59.1 Å². The molecule has 0 spiro atoms. The number of benzene rings is 2. The molecule has 1 aliphatic carbocycles. The summed E-state index contributed by atoms with van der Waals surface area (Å²) in [6, 6.07) is 8.45. The summed E-state index contributed by atoms with van der Waals surface area (Å²) in [5.74, 6) is -0.0773. The molecule has 0 saturated carbocycles. The Hall–Kier alpha value is -2.88. The predicted molar refractivity (Wildman–Crippen MR) is 124 cm³/mol. The van der Waals surface area contributed by atoms with Crippen molar-refractivity contribution >= 4 is 22.5 Å². The minimum absolute atomic E-state index is 0.0386. The summed E-state index contributed by atoms with van der Waals surface area (Å²) >= 11 is 0. The third-order valence-electron chi connectivity index (χ3n) is 8.27. The maximum Gasteiger partial charge on any atom is 0.0437 e. The van der Waals surface area contributed by atoms with E-state index >= 15 is 0 Å². The summed E-state index contributed by atoms with van der Waals surface area (Å²) in [5, 5.41) is 27.0. The fraction of sp³-hybridized carbons (Fsp3) is 0.429. The Bertz CT molecular complexity index is 1110. The molecule has 164 valence electrons. The molecular weight excluding hydrogens is 396 g/mol. The number of hydrogen-bond acceptors (Lipinski definition) is 4. The summed E-state index contributed by atoms with van der Waals surface area (Å²) in [6.07, 6.45) is 8.71. The van der Waals surface area contributed by atoms with Crippen molar-refractivity contribution < 1.29 is 10.2 Å². The van der Waals surface area contributed by atoms with Gasteiger partial charge in [0.1, 0.15) is 0 Å². The van der Waals surface area contributed by atoms with E-state index in [1.54, 1.807) is 0 Å². The van der Waals surface area contributed by atoms with Crippen LogP contribution >= 0.6 is 0 Å². The van der Waals surface area contributed by atoms with Crippen LogP contribution in [0.5, 0.6) is 0 Å². The molecule has 5 aliphatic rings. The van der Waals surface area contributed by atoms with E-state index in [1.165, 1.54) is 46.5 Å². The van der Waals surface area contributed by atoms with Crippen LogP contribution in [0.25, 0.3) is 11.1 Å². The second kappa shape index (κ2) is 6.81. The van der Waals surface area contributed by atoms with E-state index in [0.29, 0.717) is 11.1 Å². The lowest BCUT2D eigenvalue weighted by atomic mass is 9.77. The molecule has 0 fully saturated rings. The first-order chi connectivity index (χ1) is 15.7. The van der Waals surface area contributed by atoms with Gasteiger partial charge in [0.2, 0.25) is 0 Å². The zero-order chi connectivity index (χ0) is 21.4. The van der Waals surface area contributed by atoms with Gasteiger partial charge in [-0.1, -0.05) is 35.8 Å². The molecule has 4 heterocycles. The largest absolute Gasteiger partial charge is 0.872 e. The Kier molecular flexibility index (Phi) is 3.97. The van der Waals surface area contributed by atoms with E-state index in [2.05, 4.69) is 34.1 Å². The standard InChI is InChI=1S/C28H30N2O2/c31-27-23(19-11-9-17-5-1-13-29-15-3-7-21(19)25(17)29)28(32)24(27)20-12-10-18-6-2-14-30-16-4-8-22(20)26(18)30/h9-12,31-32H,1-8,13-16H2/p-2. The number of anilines is 2. The molecule has 2 aromatic carbocycles. The second-order valence-electron chi connectivity index (χ2n) is 10.00. The Morgan fingerprint density at radius 2 is 0.938 bits per heavy atom. The lowest BCUT2D eigenvalue weighted by Crippen LogP contribution is -2.36. The van der Waals surface area contributed by atoms with Gasteiger partial charge in [-0.15, -0.1) is 0 Å². The third-order valence-corrected chi connectivity index (χ3v) is 8.27. The van der Waals surface area contributed by atoms with Gasteiger partial charge in [-0.05, 0) is 95.9 Å². The lowest BCUT2D eigenvalue weighted by molar-refractivity contribution is -0.316. The van der Waals surface area contributed by atoms with Crippen molar-refractivity contribution in [2.75, 3.05) is 36.0 Å². The number of nitrogens with zero attached hydrogens (tertiary/aromatic N) is 2. The topological polar surface area (TPSA) is 52.6 Å². The zero-order valence-electron chi connectivity index (χ0n) is 18.5. The van der Waals surface area contributed by atoms with E-state index in [9.17, 15) is 10.2 Å². The quantitative estimate of drug-likeness (QED) is 0.744. The molecule has 0 unspecified atom stereocenters. The van der Waals surface area contributed by atoms with Crippen molar-refractivity contribution in [3.8, 4) is 0 Å². The van der Waals surface area contributed by atoms with Crippen LogP contribution in [0.3, 0.4) is 0 Å². The molecule has 0 saturated heterocycles. The fourth-order valence-corrected chi connectivity index (χ4v) is 6.90. The van der Waals surface area contributed by atoms with Crippen molar-refractivity contribution in [2.24, 2.45) is 0 Å². The van der Waals surface area contributed by atoms with Gasteiger partial charge >= 0.3 is 0 Å². The summed E-state index contributed by atoms with van der Waals surface area (Å²) in [6.45, 7) is 4.36. The van der Waals surface area contributed by atoms with Gasteiger partial charge in [0.05, 0.1) is 0 Å². The number of rotatable bonds is 2. The van der Waals surface area contributed by atoms with Gasteiger partial charge in [-0.3, -0.25) is 0 Å². The van der Waals surface area contributed by atoms with Gasteiger partial charge < -0.3 is 20.0 Å². The number of hydrogen-bond donors (Lipinski definition) is 0. The van der Waals surface area contributed by atoms with Crippen LogP contribution in [-0.4, -0.2) is 26.2 Å². The van der Waals surface area contributed by atoms with Crippen LogP contribution in [0, 0.1) is 0 Å². The van der Waals surface area contributed by atoms with Gasteiger partial charge in [-0.25, -0.2) is 0 Å². The van der Waals surface area contributed by atoms with Crippen molar-refractivity contribution in [1.82, 2.24) is 0 Å². The highest BCUT2D eigenvalue weighted by Gasteiger charge is 2.31.